The van der Waals surface area contributed by atoms with Crippen LogP contribution < -0.4 is 15.4 Å². The van der Waals surface area contributed by atoms with Crippen molar-refractivity contribution in [2.75, 3.05) is 24.8 Å². The molecule has 6 heteroatoms. The van der Waals surface area contributed by atoms with Gasteiger partial charge in [-0.15, -0.1) is 0 Å². The molecule has 0 aliphatic carbocycles. The van der Waals surface area contributed by atoms with E-state index in [4.69, 9.17) is 4.74 Å². The topological polar surface area (TPSA) is 59.1 Å². The van der Waals surface area contributed by atoms with Crippen LogP contribution in [0.4, 0.5) is 21.8 Å². The predicted molar refractivity (Wildman–Crippen MR) is 72.6 cm³/mol. The van der Waals surface area contributed by atoms with Crippen LogP contribution in [0.5, 0.6) is 5.75 Å². The Hall–Kier alpha value is -2.37. The molecule has 0 aliphatic rings. The molecule has 2 aromatic rings. The minimum atomic E-state index is -0.349. The Morgan fingerprint density at radius 1 is 1.32 bits per heavy atom. The lowest BCUT2D eigenvalue weighted by molar-refractivity contribution is 0.413. The van der Waals surface area contributed by atoms with E-state index in [9.17, 15) is 4.39 Å². The summed E-state index contributed by atoms with van der Waals surface area (Å²) in [5.41, 5.74) is 1.53. The molecule has 1 aromatic heterocycles. The third kappa shape index (κ3) is 2.90. The highest BCUT2D eigenvalue weighted by molar-refractivity contribution is 5.66. The van der Waals surface area contributed by atoms with Crippen molar-refractivity contribution in [1.29, 1.82) is 0 Å². The minimum absolute atomic E-state index is 0.349. The zero-order valence-electron chi connectivity index (χ0n) is 11.0. The van der Waals surface area contributed by atoms with Crippen LogP contribution in [0.15, 0.2) is 24.4 Å². The lowest BCUT2D eigenvalue weighted by Gasteiger charge is -2.12. The summed E-state index contributed by atoms with van der Waals surface area (Å²) in [4.78, 5) is 8.40. The van der Waals surface area contributed by atoms with E-state index in [1.54, 1.807) is 19.3 Å². The fourth-order valence-electron chi connectivity index (χ4n) is 1.58. The standard InChI is InChI=1S/C13H15FN4O/c1-8-7-16-13(15-2)18-12(8)17-10-5-4-9(14)6-11(10)19-3/h4-7H,1-3H3,(H2,15,16,17,18). The quantitative estimate of drug-likeness (QED) is 0.887. The highest BCUT2D eigenvalue weighted by Crippen LogP contribution is 2.28. The first-order chi connectivity index (χ1) is 9.13. The van der Waals surface area contributed by atoms with Crippen molar-refractivity contribution in [3.8, 4) is 5.75 Å². The van der Waals surface area contributed by atoms with Crippen molar-refractivity contribution < 1.29 is 9.13 Å². The van der Waals surface area contributed by atoms with E-state index in [1.165, 1.54) is 19.2 Å². The van der Waals surface area contributed by atoms with Crippen LogP contribution in [0, 0.1) is 12.7 Å². The van der Waals surface area contributed by atoms with Crippen molar-refractivity contribution in [1.82, 2.24) is 9.97 Å². The molecule has 0 bridgehead atoms. The summed E-state index contributed by atoms with van der Waals surface area (Å²) in [6, 6.07) is 4.28. The summed E-state index contributed by atoms with van der Waals surface area (Å²) in [5.74, 6) is 1.22. The van der Waals surface area contributed by atoms with Gasteiger partial charge in [0.05, 0.1) is 12.8 Å². The summed E-state index contributed by atoms with van der Waals surface area (Å²) in [5, 5.41) is 5.98. The second-order valence-corrected chi connectivity index (χ2v) is 3.94. The van der Waals surface area contributed by atoms with Crippen LogP contribution in [0.1, 0.15) is 5.56 Å². The SMILES string of the molecule is CNc1ncc(C)c(Nc2ccc(F)cc2OC)n1. The van der Waals surface area contributed by atoms with Crippen molar-refractivity contribution in [2.45, 2.75) is 6.92 Å². The molecule has 0 amide bonds. The Morgan fingerprint density at radius 2 is 2.11 bits per heavy atom. The molecule has 5 nitrogen and oxygen atoms in total. The maximum absolute atomic E-state index is 13.1. The van der Waals surface area contributed by atoms with Crippen LogP contribution in [0.3, 0.4) is 0 Å². The Labute approximate surface area is 110 Å². The second-order valence-electron chi connectivity index (χ2n) is 3.94. The normalized spacial score (nSPS) is 10.1. The molecule has 1 aromatic carbocycles. The Kier molecular flexibility index (Phi) is 3.79. The number of nitrogens with one attached hydrogen (secondary N) is 2. The zero-order valence-corrected chi connectivity index (χ0v) is 11.0. The number of hydrogen-bond donors (Lipinski definition) is 2. The van der Waals surface area contributed by atoms with Crippen molar-refractivity contribution in [2.24, 2.45) is 0 Å². The van der Waals surface area contributed by atoms with Crippen molar-refractivity contribution >= 4 is 17.5 Å². The summed E-state index contributed by atoms with van der Waals surface area (Å²) < 4.78 is 18.3. The van der Waals surface area contributed by atoms with Crippen molar-refractivity contribution in [3.05, 3.63) is 35.8 Å². The van der Waals surface area contributed by atoms with Gasteiger partial charge in [0.1, 0.15) is 17.4 Å². The van der Waals surface area contributed by atoms with E-state index in [0.29, 0.717) is 23.2 Å². The van der Waals surface area contributed by atoms with Crippen molar-refractivity contribution in [3.63, 3.8) is 0 Å². The van der Waals surface area contributed by atoms with Gasteiger partial charge in [0.25, 0.3) is 0 Å². The maximum atomic E-state index is 13.1. The Balaban J connectivity index is 2.35. The lowest BCUT2D eigenvalue weighted by Crippen LogP contribution is -2.03. The molecule has 2 N–H and O–H groups in total. The number of aryl methyl sites for hydroxylation is 1. The summed E-state index contributed by atoms with van der Waals surface area (Å²) in [7, 11) is 3.23. The molecule has 0 aliphatic heterocycles. The van der Waals surface area contributed by atoms with E-state index in [1.807, 2.05) is 6.92 Å². The van der Waals surface area contributed by atoms with Crippen LogP contribution in [-0.4, -0.2) is 24.1 Å². The van der Waals surface area contributed by atoms with Crippen LogP contribution in [-0.2, 0) is 0 Å². The number of halogens is 1. The predicted octanol–water partition coefficient (Wildman–Crippen LogP) is 2.72. The molecular weight excluding hydrogens is 247 g/mol. The highest BCUT2D eigenvalue weighted by atomic mass is 19.1. The molecule has 0 spiro atoms. The number of ether oxygens (including phenoxy) is 1. The Morgan fingerprint density at radius 3 is 2.79 bits per heavy atom. The first-order valence-corrected chi connectivity index (χ1v) is 5.76. The number of anilines is 3. The molecule has 2 rings (SSSR count). The van der Waals surface area contributed by atoms with E-state index in [0.717, 1.165) is 5.56 Å². The van der Waals surface area contributed by atoms with E-state index < -0.39 is 0 Å². The molecule has 0 radical (unpaired) electrons. The lowest BCUT2D eigenvalue weighted by atomic mass is 10.2. The van der Waals surface area contributed by atoms with Gasteiger partial charge in [-0.25, -0.2) is 9.37 Å². The number of rotatable bonds is 4. The average molecular weight is 262 g/mol. The summed E-state index contributed by atoms with van der Waals surface area (Å²) in [6.07, 6.45) is 1.71. The maximum Gasteiger partial charge on any atom is 0.224 e. The molecule has 19 heavy (non-hydrogen) atoms. The fourth-order valence-corrected chi connectivity index (χ4v) is 1.58. The second kappa shape index (κ2) is 5.51. The van der Waals surface area contributed by atoms with Crippen LogP contribution >= 0.6 is 0 Å². The number of nitrogens with zero attached hydrogens (tertiary/aromatic N) is 2. The third-order valence-electron chi connectivity index (χ3n) is 2.61. The van der Waals surface area contributed by atoms with Gasteiger partial charge in [0.2, 0.25) is 5.95 Å². The highest BCUT2D eigenvalue weighted by Gasteiger charge is 2.08. The molecule has 0 unspecified atom stereocenters. The smallest absolute Gasteiger partial charge is 0.224 e. The van der Waals surface area contributed by atoms with E-state index in [2.05, 4.69) is 20.6 Å². The summed E-state index contributed by atoms with van der Waals surface area (Å²) >= 11 is 0. The first-order valence-electron chi connectivity index (χ1n) is 5.76. The van der Waals surface area contributed by atoms with Crippen LogP contribution in [0.2, 0.25) is 0 Å². The van der Waals surface area contributed by atoms with Gasteiger partial charge in [-0.2, -0.15) is 4.98 Å². The van der Waals surface area contributed by atoms with Gasteiger partial charge in [-0.3, -0.25) is 0 Å². The fraction of sp³-hybridized carbons (Fsp3) is 0.231. The van der Waals surface area contributed by atoms with Gasteiger partial charge < -0.3 is 15.4 Å². The summed E-state index contributed by atoms with van der Waals surface area (Å²) in [6.45, 7) is 1.89. The molecule has 0 saturated carbocycles. The third-order valence-corrected chi connectivity index (χ3v) is 2.61. The van der Waals surface area contributed by atoms with E-state index >= 15 is 0 Å². The molecule has 0 saturated heterocycles. The monoisotopic (exact) mass is 262 g/mol. The van der Waals surface area contributed by atoms with Gasteiger partial charge in [0.15, 0.2) is 0 Å². The van der Waals surface area contributed by atoms with Crippen LogP contribution in [0.25, 0.3) is 0 Å². The van der Waals surface area contributed by atoms with Gasteiger partial charge in [-0.05, 0) is 19.1 Å². The number of hydrogen-bond acceptors (Lipinski definition) is 5. The molecular formula is C13H15FN4O. The molecule has 1 heterocycles. The minimum Gasteiger partial charge on any atom is -0.494 e. The largest absolute Gasteiger partial charge is 0.494 e. The Bertz CT molecular complexity index is 589. The molecule has 100 valence electrons. The van der Waals surface area contributed by atoms with Gasteiger partial charge >= 0.3 is 0 Å². The molecule has 0 atom stereocenters. The average Bonchev–Trinajstić information content (AvgIpc) is 2.43. The van der Waals surface area contributed by atoms with Gasteiger partial charge in [-0.1, -0.05) is 0 Å². The number of methoxy groups -OCH3 is 1. The number of aromatic nitrogens is 2. The first kappa shape index (κ1) is 13.1. The van der Waals surface area contributed by atoms with E-state index in [-0.39, 0.29) is 5.82 Å². The molecule has 0 fully saturated rings. The number of benzene rings is 1. The zero-order chi connectivity index (χ0) is 13.8. The van der Waals surface area contributed by atoms with Gasteiger partial charge in [0, 0.05) is 24.9 Å².